The molecule has 2 atom stereocenters. The summed E-state index contributed by atoms with van der Waals surface area (Å²) in [4.78, 5) is 18.5. The van der Waals surface area contributed by atoms with Crippen molar-refractivity contribution in [1.29, 1.82) is 0 Å². The Morgan fingerprint density at radius 1 is 1.14 bits per heavy atom. The highest BCUT2D eigenvalue weighted by Crippen LogP contribution is 2.43. The van der Waals surface area contributed by atoms with Crippen molar-refractivity contribution in [2.75, 3.05) is 23.9 Å². The molecule has 4 aromatic rings. The van der Waals surface area contributed by atoms with Crippen molar-refractivity contribution < 1.29 is 13.9 Å². The molecule has 7 nitrogen and oxygen atoms in total. The van der Waals surface area contributed by atoms with E-state index >= 15 is 0 Å². The van der Waals surface area contributed by atoms with Crippen LogP contribution in [0.2, 0.25) is 5.02 Å². The number of furan rings is 1. The predicted octanol–water partition coefficient (Wildman–Crippen LogP) is 6.07. The molecule has 3 heterocycles. The summed E-state index contributed by atoms with van der Waals surface area (Å²) in [6.45, 7) is 1.96. The lowest BCUT2D eigenvalue weighted by Gasteiger charge is -2.26. The average molecular weight is 533 g/mol. The van der Waals surface area contributed by atoms with Gasteiger partial charge in [-0.3, -0.25) is 9.78 Å². The maximum atomic E-state index is 11.9. The Balaban J connectivity index is 1.52. The van der Waals surface area contributed by atoms with E-state index in [1.807, 2.05) is 84.6 Å². The van der Waals surface area contributed by atoms with Crippen LogP contribution in [0.15, 0.2) is 83.4 Å². The van der Waals surface area contributed by atoms with Crippen molar-refractivity contribution in [2.24, 2.45) is 0 Å². The van der Waals surface area contributed by atoms with E-state index in [-0.39, 0.29) is 24.6 Å². The minimum Gasteiger partial charge on any atom is -0.459 e. The number of anilines is 2. The van der Waals surface area contributed by atoms with Crippen LogP contribution >= 0.6 is 23.8 Å². The minimum atomic E-state index is -0.301. The molecular formula is C28H25ClN4O3S. The molecule has 2 aromatic heterocycles. The van der Waals surface area contributed by atoms with Crippen LogP contribution in [-0.2, 0) is 9.53 Å². The fourth-order valence-electron chi connectivity index (χ4n) is 4.49. The van der Waals surface area contributed by atoms with Gasteiger partial charge in [0, 0.05) is 35.3 Å². The number of aromatic nitrogens is 1. The van der Waals surface area contributed by atoms with Crippen LogP contribution in [0.4, 0.5) is 11.4 Å². The van der Waals surface area contributed by atoms with Gasteiger partial charge in [-0.2, -0.15) is 0 Å². The molecule has 2 aromatic carbocycles. The van der Waals surface area contributed by atoms with E-state index in [0.29, 0.717) is 15.8 Å². The smallest absolute Gasteiger partial charge is 0.250 e. The summed E-state index contributed by atoms with van der Waals surface area (Å²) in [5.74, 6) is 1.24. The first-order chi connectivity index (χ1) is 18.0. The summed E-state index contributed by atoms with van der Waals surface area (Å²) < 4.78 is 11.3. The number of nitrogens with one attached hydrogen (secondary N) is 2. The number of halogens is 1. The van der Waals surface area contributed by atoms with Gasteiger partial charge in [0.25, 0.3) is 0 Å². The molecule has 1 aliphatic rings. The fraction of sp³-hybridized carbons (Fsp3) is 0.179. The van der Waals surface area contributed by atoms with Gasteiger partial charge in [0.2, 0.25) is 5.91 Å². The van der Waals surface area contributed by atoms with Gasteiger partial charge in [-0.05, 0) is 79.3 Å². The molecule has 0 spiro atoms. The standard InChI is InChI=1S/C28H25ClN4O3S/c1-17-20(6-5-7-21(17)29)23-13-14-24(36-23)27-26(22-8-3-4-15-30-22)32-28(37)33(27)19-11-9-18(10-12-19)31-25(34)16-35-2/h3-15,26-27H,16H2,1-2H3,(H,31,34)(H,32,37)/t26-,27+/m1/s1. The summed E-state index contributed by atoms with van der Waals surface area (Å²) in [6, 6.07) is 22.4. The zero-order valence-electron chi connectivity index (χ0n) is 20.3. The number of benzene rings is 2. The number of carbonyl (C=O) groups excluding carboxylic acids is 1. The second-order valence-corrected chi connectivity index (χ2v) is 9.43. The molecule has 1 aliphatic heterocycles. The van der Waals surface area contributed by atoms with E-state index in [1.165, 1.54) is 7.11 Å². The summed E-state index contributed by atoms with van der Waals surface area (Å²) in [7, 11) is 1.48. The molecule has 9 heteroatoms. The monoisotopic (exact) mass is 532 g/mol. The molecule has 37 heavy (non-hydrogen) atoms. The van der Waals surface area contributed by atoms with Crippen molar-refractivity contribution in [3.8, 4) is 11.3 Å². The number of thiocarbonyl (C=S) groups is 1. The number of amides is 1. The Hall–Kier alpha value is -3.72. The number of nitrogens with zero attached hydrogens (tertiary/aromatic N) is 2. The largest absolute Gasteiger partial charge is 0.459 e. The third-order valence-corrected chi connectivity index (χ3v) is 6.98. The van der Waals surface area contributed by atoms with Crippen LogP contribution in [0.5, 0.6) is 0 Å². The summed E-state index contributed by atoms with van der Waals surface area (Å²) in [6.07, 6.45) is 1.76. The van der Waals surface area contributed by atoms with Crippen LogP contribution in [0.3, 0.4) is 0 Å². The Labute approximate surface area is 225 Å². The highest BCUT2D eigenvalue weighted by Gasteiger charge is 2.42. The maximum Gasteiger partial charge on any atom is 0.250 e. The molecule has 188 valence electrons. The van der Waals surface area contributed by atoms with E-state index < -0.39 is 0 Å². The Morgan fingerprint density at radius 2 is 1.95 bits per heavy atom. The fourth-order valence-corrected chi connectivity index (χ4v) is 5.01. The second-order valence-electron chi connectivity index (χ2n) is 8.64. The SMILES string of the molecule is COCC(=O)Nc1ccc(N2C(=S)N[C@H](c3ccccn3)[C@@H]2c2ccc(-c3cccc(Cl)c3C)o2)cc1. The number of carbonyl (C=O) groups is 1. The van der Waals surface area contributed by atoms with Crippen LogP contribution in [0, 0.1) is 6.92 Å². The quantitative estimate of drug-likeness (QED) is 0.280. The first kappa shape index (κ1) is 25.0. The number of rotatable bonds is 7. The number of hydrogen-bond acceptors (Lipinski definition) is 5. The zero-order valence-corrected chi connectivity index (χ0v) is 21.8. The topological polar surface area (TPSA) is 79.6 Å². The number of ether oxygens (including phenoxy) is 1. The van der Waals surface area contributed by atoms with Crippen molar-refractivity contribution in [1.82, 2.24) is 10.3 Å². The second kappa shape index (κ2) is 10.7. The Morgan fingerprint density at radius 3 is 2.68 bits per heavy atom. The number of hydrogen-bond donors (Lipinski definition) is 2. The molecule has 1 amide bonds. The van der Waals surface area contributed by atoms with Crippen molar-refractivity contribution >= 4 is 46.2 Å². The lowest BCUT2D eigenvalue weighted by atomic mass is 10.0. The van der Waals surface area contributed by atoms with E-state index in [0.717, 1.165) is 34.0 Å². The molecule has 0 unspecified atom stereocenters. The van der Waals surface area contributed by atoms with Crippen molar-refractivity contribution in [3.63, 3.8) is 0 Å². The molecule has 0 bridgehead atoms. The number of pyridine rings is 1. The van der Waals surface area contributed by atoms with Gasteiger partial charge in [-0.15, -0.1) is 0 Å². The molecule has 0 radical (unpaired) electrons. The van der Waals surface area contributed by atoms with Crippen molar-refractivity contribution in [3.05, 3.63) is 101 Å². The van der Waals surface area contributed by atoms with E-state index in [1.54, 1.807) is 6.20 Å². The normalized spacial score (nSPS) is 17.1. The van der Waals surface area contributed by atoms with Gasteiger partial charge in [-0.1, -0.05) is 29.8 Å². The van der Waals surface area contributed by atoms with Crippen LogP contribution in [0.1, 0.15) is 29.1 Å². The first-order valence-electron chi connectivity index (χ1n) is 11.7. The van der Waals surface area contributed by atoms with Gasteiger partial charge < -0.3 is 24.7 Å². The molecule has 0 saturated carbocycles. The lowest BCUT2D eigenvalue weighted by molar-refractivity contribution is -0.119. The molecule has 0 aliphatic carbocycles. The molecule has 2 N–H and O–H groups in total. The van der Waals surface area contributed by atoms with E-state index in [9.17, 15) is 4.79 Å². The van der Waals surface area contributed by atoms with Crippen LogP contribution in [0.25, 0.3) is 11.3 Å². The summed E-state index contributed by atoms with van der Waals surface area (Å²) >= 11 is 12.2. The maximum absolute atomic E-state index is 11.9. The van der Waals surface area contributed by atoms with Gasteiger partial charge in [0.05, 0.1) is 11.7 Å². The number of methoxy groups -OCH3 is 1. The predicted molar refractivity (Wildman–Crippen MR) is 149 cm³/mol. The molecule has 1 fully saturated rings. The van der Waals surface area contributed by atoms with Crippen LogP contribution < -0.4 is 15.5 Å². The highest BCUT2D eigenvalue weighted by molar-refractivity contribution is 7.80. The average Bonchev–Trinajstić information content (AvgIpc) is 3.51. The molecular weight excluding hydrogens is 508 g/mol. The Kier molecular flexibility index (Phi) is 7.23. The zero-order chi connectivity index (χ0) is 25.9. The molecule has 1 saturated heterocycles. The minimum absolute atomic E-state index is 0.0113. The van der Waals surface area contributed by atoms with E-state index in [4.69, 9.17) is 33.0 Å². The van der Waals surface area contributed by atoms with Gasteiger partial charge in [-0.25, -0.2) is 0 Å². The summed E-state index contributed by atoms with van der Waals surface area (Å²) in [5.41, 5.74) is 4.25. The van der Waals surface area contributed by atoms with Crippen LogP contribution in [-0.4, -0.2) is 29.7 Å². The van der Waals surface area contributed by atoms with Gasteiger partial charge >= 0.3 is 0 Å². The highest BCUT2D eigenvalue weighted by atomic mass is 35.5. The summed E-state index contributed by atoms with van der Waals surface area (Å²) in [5, 5.41) is 7.47. The van der Waals surface area contributed by atoms with Gasteiger partial charge in [0.1, 0.15) is 24.2 Å². The van der Waals surface area contributed by atoms with Gasteiger partial charge in [0.15, 0.2) is 5.11 Å². The van der Waals surface area contributed by atoms with Crippen molar-refractivity contribution in [2.45, 2.75) is 19.0 Å². The van der Waals surface area contributed by atoms with E-state index in [2.05, 4.69) is 15.6 Å². The lowest BCUT2D eigenvalue weighted by Crippen LogP contribution is -2.29. The molecule has 5 rings (SSSR count). The third kappa shape index (κ3) is 5.09. The Bertz CT molecular complexity index is 1430. The first-order valence-corrected chi connectivity index (χ1v) is 12.5. The third-order valence-electron chi connectivity index (χ3n) is 6.25.